The van der Waals surface area contributed by atoms with Crippen LogP contribution in [0.4, 0.5) is 24.8 Å². The van der Waals surface area contributed by atoms with E-state index < -0.39 is 12.6 Å². The Kier molecular flexibility index (Phi) is 4.65. The molecule has 1 N–H and O–H groups in total. The fraction of sp³-hybridized carbons (Fsp3) is 0.632. The predicted molar refractivity (Wildman–Crippen MR) is 104 cm³/mol. The summed E-state index contributed by atoms with van der Waals surface area (Å²) in [7, 11) is 0. The quantitative estimate of drug-likeness (QED) is 0.784. The summed E-state index contributed by atoms with van der Waals surface area (Å²) >= 11 is 1.30. The van der Waals surface area contributed by atoms with Gasteiger partial charge in [-0.1, -0.05) is 0 Å². The lowest BCUT2D eigenvalue weighted by atomic mass is 9.78. The Morgan fingerprint density at radius 2 is 1.93 bits per heavy atom. The van der Waals surface area contributed by atoms with Gasteiger partial charge in [0.25, 0.3) is 0 Å². The highest BCUT2D eigenvalue weighted by Crippen LogP contribution is 2.41. The molecule has 6 nitrogen and oxygen atoms in total. The van der Waals surface area contributed by atoms with E-state index in [-0.39, 0.29) is 24.3 Å². The minimum atomic E-state index is -2.57. The number of ether oxygens (including phenoxy) is 1. The van der Waals surface area contributed by atoms with E-state index in [1.54, 1.807) is 5.38 Å². The number of rotatable bonds is 5. The Bertz CT molecular complexity index is 886. The Hall–Kier alpha value is -1.94. The minimum absolute atomic E-state index is 0.0503. The highest BCUT2D eigenvalue weighted by molar-refractivity contribution is 7.13. The molecule has 1 spiro atoms. The Morgan fingerprint density at radius 3 is 2.55 bits per heavy atom. The lowest BCUT2D eigenvalue weighted by Crippen LogP contribution is -2.66. The second-order valence-electron chi connectivity index (χ2n) is 8.34. The Labute approximate surface area is 170 Å². The molecule has 0 bridgehead atoms. The van der Waals surface area contributed by atoms with Crippen LogP contribution in [0.1, 0.15) is 31.4 Å². The van der Waals surface area contributed by atoms with Gasteiger partial charge in [-0.05, 0) is 12.8 Å². The molecule has 3 aliphatic rings. The van der Waals surface area contributed by atoms with Crippen LogP contribution in [0, 0.1) is 5.41 Å². The van der Waals surface area contributed by atoms with Crippen molar-refractivity contribution < 1.29 is 17.9 Å². The van der Waals surface area contributed by atoms with E-state index in [0.29, 0.717) is 35.2 Å². The molecule has 0 radical (unpaired) electrons. The number of anilines is 2. The van der Waals surface area contributed by atoms with Crippen LogP contribution in [-0.2, 0) is 11.4 Å². The Balaban J connectivity index is 1.39. The SMILES string of the molecule is FCc1csc(-c2nc(NC3CCC(F)(F)CC3)cc(N3CC4(COC4)C3)n2)n1. The lowest BCUT2D eigenvalue weighted by Gasteiger charge is -2.55. The van der Waals surface area contributed by atoms with E-state index in [4.69, 9.17) is 4.74 Å². The first-order valence-electron chi connectivity index (χ1n) is 9.81. The predicted octanol–water partition coefficient (Wildman–Crippen LogP) is 3.90. The van der Waals surface area contributed by atoms with Gasteiger partial charge < -0.3 is 15.0 Å². The monoisotopic (exact) mass is 425 g/mol. The van der Waals surface area contributed by atoms with Crippen LogP contribution >= 0.6 is 11.3 Å². The molecular weight excluding hydrogens is 403 g/mol. The van der Waals surface area contributed by atoms with Gasteiger partial charge in [-0.15, -0.1) is 11.3 Å². The number of nitrogens with one attached hydrogen (secondary N) is 1. The molecule has 2 aliphatic heterocycles. The molecule has 0 amide bonds. The summed E-state index contributed by atoms with van der Waals surface area (Å²) in [6, 6.07) is 1.82. The van der Waals surface area contributed by atoms with Crippen LogP contribution in [0.5, 0.6) is 0 Å². The van der Waals surface area contributed by atoms with Crippen molar-refractivity contribution in [2.45, 2.75) is 44.3 Å². The largest absolute Gasteiger partial charge is 0.380 e. The molecule has 2 aromatic rings. The van der Waals surface area contributed by atoms with Crippen molar-refractivity contribution in [2.24, 2.45) is 5.41 Å². The summed E-state index contributed by atoms with van der Waals surface area (Å²) in [6.45, 7) is 2.65. The molecule has 2 aromatic heterocycles. The number of nitrogens with zero attached hydrogens (tertiary/aromatic N) is 4. The molecule has 4 heterocycles. The normalized spacial score (nSPS) is 22.9. The van der Waals surface area contributed by atoms with Crippen molar-refractivity contribution in [3.63, 3.8) is 0 Å². The molecular formula is C19H22F3N5OS. The maximum absolute atomic E-state index is 13.5. The first-order valence-corrected chi connectivity index (χ1v) is 10.7. The molecule has 5 rings (SSSR count). The highest BCUT2D eigenvalue weighted by atomic mass is 32.1. The van der Waals surface area contributed by atoms with E-state index in [2.05, 4.69) is 25.2 Å². The van der Waals surface area contributed by atoms with Crippen LogP contribution in [0.3, 0.4) is 0 Å². The molecule has 0 atom stereocenters. The fourth-order valence-electron chi connectivity index (χ4n) is 4.13. The molecule has 2 saturated heterocycles. The first-order chi connectivity index (χ1) is 13.9. The topological polar surface area (TPSA) is 63.2 Å². The van der Waals surface area contributed by atoms with Crippen LogP contribution in [0.15, 0.2) is 11.4 Å². The van der Waals surface area contributed by atoms with E-state index >= 15 is 0 Å². The van der Waals surface area contributed by atoms with Crippen molar-refractivity contribution in [1.29, 1.82) is 0 Å². The van der Waals surface area contributed by atoms with Gasteiger partial charge in [-0.3, -0.25) is 0 Å². The average Bonchev–Trinajstić information content (AvgIpc) is 3.10. The molecule has 1 saturated carbocycles. The molecule has 3 fully saturated rings. The maximum atomic E-state index is 13.5. The van der Waals surface area contributed by atoms with Crippen LogP contribution in [-0.4, -0.2) is 53.2 Å². The van der Waals surface area contributed by atoms with E-state index in [1.807, 2.05) is 6.07 Å². The minimum Gasteiger partial charge on any atom is -0.380 e. The number of aromatic nitrogens is 3. The summed E-state index contributed by atoms with van der Waals surface area (Å²) in [4.78, 5) is 15.6. The number of thiazole rings is 1. The second-order valence-corrected chi connectivity index (χ2v) is 9.19. The summed E-state index contributed by atoms with van der Waals surface area (Å²) in [6.07, 6.45) is 0.567. The Morgan fingerprint density at radius 1 is 1.17 bits per heavy atom. The van der Waals surface area contributed by atoms with Crippen molar-refractivity contribution >= 4 is 23.0 Å². The van der Waals surface area contributed by atoms with Gasteiger partial charge in [0.1, 0.15) is 18.3 Å². The zero-order valence-corrected chi connectivity index (χ0v) is 16.7. The van der Waals surface area contributed by atoms with Gasteiger partial charge in [-0.25, -0.2) is 28.1 Å². The number of hydrogen-bond donors (Lipinski definition) is 1. The molecule has 29 heavy (non-hydrogen) atoms. The number of alkyl halides is 3. The maximum Gasteiger partial charge on any atom is 0.248 e. The number of halogens is 3. The fourth-order valence-corrected chi connectivity index (χ4v) is 4.86. The summed E-state index contributed by atoms with van der Waals surface area (Å²) in [5.41, 5.74) is 0.591. The molecule has 0 aromatic carbocycles. The third-order valence-corrected chi connectivity index (χ3v) is 6.74. The van der Waals surface area contributed by atoms with Gasteiger partial charge in [0.2, 0.25) is 5.92 Å². The van der Waals surface area contributed by atoms with E-state index in [9.17, 15) is 13.2 Å². The lowest BCUT2D eigenvalue weighted by molar-refractivity contribution is -0.127. The van der Waals surface area contributed by atoms with Crippen molar-refractivity contribution in [1.82, 2.24) is 15.0 Å². The third-order valence-electron chi connectivity index (χ3n) is 5.85. The van der Waals surface area contributed by atoms with Gasteiger partial charge in [0.05, 0.1) is 24.3 Å². The number of hydrogen-bond acceptors (Lipinski definition) is 7. The van der Waals surface area contributed by atoms with Gasteiger partial charge >= 0.3 is 0 Å². The van der Waals surface area contributed by atoms with E-state index in [0.717, 1.165) is 32.1 Å². The van der Waals surface area contributed by atoms with Crippen LogP contribution in [0.25, 0.3) is 10.8 Å². The standard InChI is InChI=1S/C19H22F3N5OS/c20-6-13-7-29-17(24-13)16-25-14(23-12-1-3-19(21,22)4-2-12)5-15(26-16)27-8-18(9-27)10-28-11-18/h5,7,12H,1-4,6,8-11H2,(H,23,25,26). The second kappa shape index (κ2) is 7.09. The van der Waals surface area contributed by atoms with Gasteiger partial charge in [0, 0.05) is 43.4 Å². The molecule has 0 unspecified atom stereocenters. The molecule has 10 heteroatoms. The summed E-state index contributed by atoms with van der Waals surface area (Å²) < 4.78 is 45.2. The third kappa shape index (κ3) is 3.79. The van der Waals surface area contributed by atoms with E-state index in [1.165, 1.54) is 11.3 Å². The highest BCUT2D eigenvalue weighted by Gasteiger charge is 2.49. The van der Waals surface area contributed by atoms with Crippen LogP contribution in [0.2, 0.25) is 0 Å². The van der Waals surface area contributed by atoms with Crippen molar-refractivity contribution in [2.75, 3.05) is 36.5 Å². The first kappa shape index (κ1) is 19.0. The smallest absolute Gasteiger partial charge is 0.248 e. The molecule has 1 aliphatic carbocycles. The van der Waals surface area contributed by atoms with Gasteiger partial charge in [0.15, 0.2) is 10.8 Å². The van der Waals surface area contributed by atoms with Gasteiger partial charge in [-0.2, -0.15) is 0 Å². The molecule has 156 valence electrons. The van der Waals surface area contributed by atoms with Crippen molar-refractivity contribution in [3.8, 4) is 10.8 Å². The zero-order chi connectivity index (χ0) is 20.1. The summed E-state index contributed by atoms with van der Waals surface area (Å²) in [5, 5.41) is 5.52. The van der Waals surface area contributed by atoms with Crippen molar-refractivity contribution in [3.05, 3.63) is 17.1 Å². The average molecular weight is 425 g/mol. The zero-order valence-electron chi connectivity index (χ0n) is 15.8. The summed E-state index contributed by atoms with van der Waals surface area (Å²) in [5.74, 6) is -0.765. The van der Waals surface area contributed by atoms with Crippen LogP contribution < -0.4 is 10.2 Å².